The number of aromatic nitrogens is 4. The molecular formula is C15H17N7. The van der Waals surface area contributed by atoms with Gasteiger partial charge in [0.2, 0.25) is 5.95 Å². The van der Waals surface area contributed by atoms with Gasteiger partial charge in [-0.05, 0) is 13.8 Å². The molecule has 112 valence electrons. The fraction of sp³-hybridized carbons (Fsp3) is 0.200. The Labute approximate surface area is 127 Å². The van der Waals surface area contributed by atoms with E-state index in [-0.39, 0.29) is 11.9 Å². The highest BCUT2D eigenvalue weighted by molar-refractivity contribution is 5.87. The van der Waals surface area contributed by atoms with E-state index in [4.69, 9.17) is 11.5 Å². The lowest BCUT2D eigenvalue weighted by atomic mass is 10.1. The molecule has 3 aromatic rings. The van der Waals surface area contributed by atoms with Crippen molar-refractivity contribution in [3.63, 3.8) is 0 Å². The summed E-state index contributed by atoms with van der Waals surface area (Å²) in [4.78, 5) is 17.4. The molecule has 0 fully saturated rings. The minimum atomic E-state index is 0.186. The van der Waals surface area contributed by atoms with Crippen LogP contribution in [0.15, 0.2) is 30.3 Å². The maximum absolute atomic E-state index is 6.02. The zero-order valence-electron chi connectivity index (χ0n) is 12.4. The molecule has 0 aliphatic carbocycles. The lowest BCUT2D eigenvalue weighted by Gasteiger charge is -2.11. The number of rotatable bonds is 3. The molecule has 0 saturated heterocycles. The van der Waals surface area contributed by atoms with E-state index in [1.807, 2.05) is 44.2 Å². The van der Waals surface area contributed by atoms with Crippen molar-refractivity contribution in [1.82, 2.24) is 19.9 Å². The first-order valence-electron chi connectivity index (χ1n) is 6.97. The van der Waals surface area contributed by atoms with Crippen LogP contribution in [0.3, 0.4) is 0 Å². The smallest absolute Gasteiger partial charge is 0.227 e. The molecule has 0 atom stereocenters. The predicted octanol–water partition coefficient (Wildman–Crippen LogP) is 2.07. The lowest BCUT2D eigenvalue weighted by Crippen LogP contribution is -2.14. The van der Waals surface area contributed by atoms with Crippen molar-refractivity contribution in [1.29, 1.82) is 0 Å². The molecule has 0 spiro atoms. The van der Waals surface area contributed by atoms with Crippen molar-refractivity contribution in [2.24, 2.45) is 0 Å². The normalized spacial score (nSPS) is 11.0. The standard InChI is InChI=1S/C15H17N7/c1-8(2)18-15-21-13(17)11-14(22-15)20-12(16)10(19-11)9-6-4-3-5-7-9/h3-8H,1-2H3,(H5,16,17,18,20,21,22). The molecule has 22 heavy (non-hydrogen) atoms. The summed E-state index contributed by atoms with van der Waals surface area (Å²) in [6, 6.07) is 9.77. The number of hydrogen-bond acceptors (Lipinski definition) is 7. The molecule has 0 aliphatic heterocycles. The quantitative estimate of drug-likeness (QED) is 0.677. The minimum absolute atomic E-state index is 0.186. The molecule has 0 saturated carbocycles. The second kappa shape index (κ2) is 5.44. The first-order valence-corrected chi connectivity index (χ1v) is 6.97. The summed E-state index contributed by atoms with van der Waals surface area (Å²) in [5.41, 5.74) is 14.3. The van der Waals surface area contributed by atoms with Crippen LogP contribution < -0.4 is 16.8 Å². The van der Waals surface area contributed by atoms with Crippen LogP contribution in [0.2, 0.25) is 0 Å². The zero-order chi connectivity index (χ0) is 15.7. The molecule has 0 unspecified atom stereocenters. The van der Waals surface area contributed by atoms with Crippen molar-refractivity contribution in [2.45, 2.75) is 19.9 Å². The van der Waals surface area contributed by atoms with E-state index in [1.54, 1.807) is 0 Å². The number of nitrogen functional groups attached to an aromatic ring is 2. The summed E-state index contributed by atoms with van der Waals surface area (Å²) in [6.45, 7) is 3.98. The fourth-order valence-electron chi connectivity index (χ4n) is 2.11. The molecule has 0 amide bonds. The Hall–Kier alpha value is -2.96. The van der Waals surface area contributed by atoms with E-state index in [2.05, 4.69) is 25.3 Å². The van der Waals surface area contributed by atoms with E-state index in [9.17, 15) is 0 Å². The van der Waals surface area contributed by atoms with Gasteiger partial charge in [0.15, 0.2) is 22.8 Å². The van der Waals surface area contributed by atoms with Crippen LogP contribution in [-0.4, -0.2) is 26.0 Å². The van der Waals surface area contributed by atoms with Crippen molar-refractivity contribution >= 4 is 28.7 Å². The summed E-state index contributed by atoms with van der Waals surface area (Å²) in [7, 11) is 0. The fourth-order valence-corrected chi connectivity index (χ4v) is 2.11. The molecule has 5 N–H and O–H groups in total. The molecule has 0 bridgehead atoms. The number of nitrogens with two attached hydrogens (primary N) is 2. The van der Waals surface area contributed by atoms with Crippen molar-refractivity contribution in [3.05, 3.63) is 30.3 Å². The zero-order valence-corrected chi connectivity index (χ0v) is 12.4. The van der Waals surface area contributed by atoms with Gasteiger partial charge in [-0.1, -0.05) is 30.3 Å². The largest absolute Gasteiger partial charge is 0.382 e. The summed E-state index contributed by atoms with van der Waals surface area (Å²) in [6.07, 6.45) is 0. The molecule has 1 aromatic carbocycles. The van der Waals surface area contributed by atoms with Crippen LogP contribution in [0, 0.1) is 0 Å². The number of hydrogen-bond donors (Lipinski definition) is 3. The topological polar surface area (TPSA) is 116 Å². The first kappa shape index (κ1) is 14.0. The van der Waals surface area contributed by atoms with Crippen LogP contribution in [0.4, 0.5) is 17.6 Å². The molecule has 3 rings (SSSR count). The number of anilines is 3. The number of nitrogens with zero attached hydrogens (tertiary/aromatic N) is 4. The Morgan fingerprint density at radius 3 is 2.32 bits per heavy atom. The monoisotopic (exact) mass is 295 g/mol. The van der Waals surface area contributed by atoms with Gasteiger partial charge < -0.3 is 16.8 Å². The van der Waals surface area contributed by atoms with Gasteiger partial charge in [0.05, 0.1) is 0 Å². The van der Waals surface area contributed by atoms with Crippen LogP contribution in [0.25, 0.3) is 22.4 Å². The van der Waals surface area contributed by atoms with Crippen molar-refractivity contribution < 1.29 is 0 Å². The Morgan fingerprint density at radius 1 is 0.909 bits per heavy atom. The molecule has 0 aliphatic rings. The third-order valence-corrected chi connectivity index (χ3v) is 3.05. The van der Waals surface area contributed by atoms with Crippen LogP contribution in [-0.2, 0) is 0 Å². The SMILES string of the molecule is CC(C)Nc1nc(N)c2nc(-c3ccccc3)c(N)nc2n1. The minimum Gasteiger partial charge on any atom is -0.382 e. The highest BCUT2D eigenvalue weighted by Gasteiger charge is 2.13. The Bertz CT molecular complexity index is 815. The summed E-state index contributed by atoms with van der Waals surface area (Å²) in [5.74, 6) is 1.01. The number of fused-ring (bicyclic) bond motifs is 1. The third-order valence-electron chi connectivity index (χ3n) is 3.05. The predicted molar refractivity (Wildman–Crippen MR) is 88.1 cm³/mol. The molecule has 2 aromatic heterocycles. The maximum atomic E-state index is 6.02. The average Bonchev–Trinajstić information content (AvgIpc) is 2.46. The highest BCUT2D eigenvalue weighted by atomic mass is 15.2. The highest BCUT2D eigenvalue weighted by Crippen LogP contribution is 2.26. The van der Waals surface area contributed by atoms with Gasteiger partial charge in [0, 0.05) is 11.6 Å². The molecule has 7 nitrogen and oxygen atoms in total. The van der Waals surface area contributed by atoms with Crippen LogP contribution in [0.1, 0.15) is 13.8 Å². The second-order valence-corrected chi connectivity index (χ2v) is 5.23. The van der Waals surface area contributed by atoms with Gasteiger partial charge in [-0.25, -0.2) is 9.97 Å². The average molecular weight is 295 g/mol. The van der Waals surface area contributed by atoms with Crippen LogP contribution >= 0.6 is 0 Å². The van der Waals surface area contributed by atoms with Crippen LogP contribution in [0.5, 0.6) is 0 Å². The van der Waals surface area contributed by atoms with E-state index in [1.165, 1.54) is 0 Å². The Morgan fingerprint density at radius 2 is 1.64 bits per heavy atom. The van der Waals surface area contributed by atoms with Gasteiger partial charge in [-0.2, -0.15) is 9.97 Å². The summed E-state index contributed by atoms with van der Waals surface area (Å²) < 4.78 is 0. The summed E-state index contributed by atoms with van der Waals surface area (Å²) in [5, 5.41) is 3.09. The van der Waals surface area contributed by atoms with E-state index in [0.29, 0.717) is 28.6 Å². The Kier molecular flexibility index (Phi) is 3.46. The van der Waals surface area contributed by atoms with Crippen molar-refractivity contribution in [3.8, 4) is 11.3 Å². The van der Waals surface area contributed by atoms with E-state index in [0.717, 1.165) is 5.56 Å². The lowest BCUT2D eigenvalue weighted by molar-refractivity contribution is 0.877. The molecular weight excluding hydrogens is 278 g/mol. The number of nitrogens with one attached hydrogen (secondary N) is 1. The third kappa shape index (κ3) is 2.60. The molecule has 7 heteroatoms. The molecule has 2 heterocycles. The summed E-state index contributed by atoms with van der Waals surface area (Å²) >= 11 is 0. The molecule has 0 radical (unpaired) electrons. The Balaban J connectivity index is 2.16. The van der Waals surface area contributed by atoms with Crippen molar-refractivity contribution in [2.75, 3.05) is 16.8 Å². The van der Waals surface area contributed by atoms with Gasteiger partial charge >= 0.3 is 0 Å². The van der Waals surface area contributed by atoms with Gasteiger partial charge in [-0.15, -0.1) is 0 Å². The maximum Gasteiger partial charge on any atom is 0.227 e. The van der Waals surface area contributed by atoms with Gasteiger partial charge in [0.1, 0.15) is 5.69 Å². The van der Waals surface area contributed by atoms with Gasteiger partial charge in [-0.3, -0.25) is 0 Å². The first-order chi connectivity index (χ1) is 10.5. The van der Waals surface area contributed by atoms with Gasteiger partial charge in [0.25, 0.3) is 0 Å². The van der Waals surface area contributed by atoms with E-state index < -0.39 is 0 Å². The number of benzene rings is 1. The second-order valence-electron chi connectivity index (χ2n) is 5.23. The van der Waals surface area contributed by atoms with E-state index >= 15 is 0 Å².